The van der Waals surface area contributed by atoms with Crippen LogP contribution in [-0.4, -0.2) is 0 Å². The minimum atomic E-state index is 0.446. The van der Waals surface area contributed by atoms with E-state index in [-0.39, 0.29) is 0 Å². The second kappa shape index (κ2) is 5.68. The molecule has 0 amide bonds. The van der Waals surface area contributed by atoms with Crippen LogP contribution >= 0.6 is 57.7 Å². The van der Waals surface area contributed by atoms with Crippen LogP contribution in [0, 0.1) is 0 Å². The van der Waals surface area contributed by atoms with E-state index in [1.165, 1.54) is 11.3 Å². The van der Waals surface area contributed by atoms with Gasteiger partial charge in [0.15, 0.2) is 0 Å². The Labute approximate surface area is 123 Å². The van der Waals surface area contributed by atoms with E-state index >= 15 is 0 Å². The van der Waals surface area contributed by atoms with E-state index in [1.54, 1.807) is 12.1 Å². The first-order valence-corrected chi connectivity index (χ1v) is 7.02. The van der Waals surface area contributed by atoms with Crippen molar-refractivity contribution in [1.82, 2.24) is 0 Å². The smallest absolute Gasteiger partial charge is 0.0931 e. The molecule has 0 saturated heterocycles. The van der Waals surface area contributed by atoms with Crippen LogP contribution in [0.2, 0.25) is 19.4 Å². The Morgan fingerprint density at radius 3 is 2.29 bits per heavy atom. The summed E-state index contributed by atoms with van der Waals surface area (Å²) in [6, 6.07) is 7.15. The normalized spacial score (nSPS) is 10.6. The molecule has 0 atom stereocenters. The summed E-state index contributed by atoms with van der Waals surface area (Å²) in [5.41, 5.74) is 0.755. The van der Waals surface area contributed by atoms with E-state index in [1.807, 2.05) is 12.1 Å². The molecule has 2 rings (SSSR count). The first-order valence-electron chi connectivity index (χ1n) is 4.69. The average molecular weight is 327 g/mol. The minimum absolute atomic E-state index is 0.446. The predicted molar refractivity (Wildman–Crippen MR) is 78.1 cm³/mol. The molecule has 0 aliphatic heterocycles. The van der Waals surface area contributed by atoms with E-state index in [0.717, 1.165) is 14.9 Å². The van der Waals surface area contributed by atoms with Crippen LogP contribution in [0.1, 0.15) is 4.88 Å². The van der Waals surface area contributed by atoms with Crippen molar-refractivity contribution in [2.24, 2.45) is 0 Å². The summed E-state index contributed by atoms with van der Waals surface area (Å²) in [4.78, 5) is 1.12. The third-order valence-corrected chi connectivity index (χ3v) is 4.36. The molecular formula is C11H7Cl4NS. The van der Waals surface area contributed by atoms with Crippen molar-refractivity contribution < 1.29 is 0 Å². The van der Waals surface area contributed by atoms with Crippen molar-refractivity contribution in [1.29, 1.82) is 0 Å². The number of nitrogens with one attached hydrogen (secondary N) is 1. The summed E-state index contributed by atoms with van der Waals surface area (Å²) in [6.45, 7) is 0.648. The third-order valence-electron chi connectivity index (χ3n) is 2.09. The van der Waals surface area contributed by atoms with Gasteiger partial charge in [-0.3, -0.25) is 0 Å². The maximum absolute atomic E-state index is 6.04. The van der Waals surface area contributed by atoms with Crippen LogP contribution in [0.3, 0.4) is 0 Å². The molecule has 0 spiro atoms. The summed E-state index contributed by atoms with van der Waals surface area (Å²) in [5.74, 6) is 0. The lowest BCUT2D eigenvalue weighted by Gasteiger charge is -2.08. The van der Waals surface area contributed by atoms with Gasteiger partial charge in [0.05, 0.1) is 25.1 Å². The van der Waals surface area contributed by atoms with Crippen LogP contribution in [0.5, 0.6) is 0 Å². The highest BCUT2D eigenvalue weighted by Gasteiger charge is 2.06. The van der Waals surface area contributed by atoms with Gasteiger partial charge in [0.1, 0.15) is 0 Å². The SMILES string of the molecule is Clc1ccc(CNc2cc(Cl)c(Cl)cc2Cl)s1. The van der Waals surface area contributed by atoms with Gasteiger partial charge in [-0.15, -0.1) is 11.3 Å². The number of hydrogen-bond donors (Lipinski definition) is 1. The molecule has 1 nitrogen and oxygen atoms in total. The van der Waals surface area contributed by atoms with Gasteiger partial charge in [-0.25, -0.2) is 0 Å². The van der Waals surface area contributed by atoms with Gasteiger partial charge in [0, 0.05) is 11.4 Å². The Hall–Kier alpha value is -0.120. The van der Waals surface area contributed by atoms with Gasteiger partial charge in [-0.2, -0.15) is 0 Å². The molecule has 1 aromatic carbocycles. The fraction of sp³-hybridized carbons (Fsp3) is 0.0909. The molecule has 6 heteroatoms. The molecule has 0 radical (unpaired) electrons. The van der Waals surface area contributed by atoms with Crippen molar-refractivity contribution in [2.45, 2.75) is 6.54 Å². The molecule has 0 aliphatic rings. The Morgan fingerprint density at radius 2 is 1.65 bits per heavy atom. The molecular weight excluding hydrogens is 320 g/mol. The Balaban J connectivity index is 2.11. The summed E-state index contributed by atoms with van der Waals surface area (Å²) in [6.07, 6.45) is 0. The Kier molecular flexibility index (Phi) is 4.45. The fourth-order valence-electron chi connectivity index (χ4n) is 1.29. The topological polar surface area (TPSA) is 12.0 Å². The number of hydrogen-bond acceptors (Lipinski definition) is 2. The quantitative estimate of drug-likeness (QED) is 0.685. The number of rotatable bonds is 3. The van der Waals surface area contributed by atoms with E-state index in [4.69, 9.17) is 46.4 Å². The second-order valence-corrected chi connectivity index (χ2v) is 6.33. The lowest BCUT2D eigenvalue weighted by molar-refractivity contribution is 1.19. The average Bonchev–Trinajstić information content (AvgIpc) is 2.68. The van der Waals surface area contributed by atoms with E-state index < -0.39 is 0 Å². The zero-order valence-corrected chi connectivity index (χ0v) is 12.3. The van der Waals surface area contributed by atoms with Crippen molar-refractivity contribution in [2.75, 3.05) is 5.32 Å². The maximum atomic E-state index is 6.04. The maximum Gasteiger partial charge on any atom is 0.0931 e. The van der Waals surface area contributed by atoms with E-state index in [9.17, 15) is 0 Å². The van der Waals surface area contributed by atoms with Gasteiger partial charge in [0.25, 0.3) is 0 Å². The van der Waals surface area contributed by atoms with Crippen LogP contribution in [0.25, 0.3) is 0 Å². The fourth-order valence-corrected chi connectivity index (χ4v) is 2.93. The van der Waals surface area contributed by atoms with Crippen LogP contribution in [-0.2, 0) is 6.54 Å². The highest BCUT2D eigenvalue weighted by Crippen LogP contribution is 2.33. The van der Waals surface area contributed by atoms with Crippen LogP contribution in [0.4, 0.5) is 5.69 Å². The molecule has 1 N–H and O–H groups in total. The standard InChI is InChI=1S/C11H7Cl4NS/c12-7-3-9(14)10(4-8(7)13)16-5-6-1-2-11(15)17-6/h1-4,16H,5H2. The molecule has 0 unspecified atom stereocenters. The Bertz CT molecular complexity index is 538. The van der Waals surface area contributed by atoms with Crippen molar-refractivity contribution in [3.8, 4) is 0 Å². The monoisotopic (exact) mass is 325 g/mol. The summed E-state index contributed by atoms with van der Waals surface area (Å²) >= 11 is 25.2. The third kappa shape index (κ3) is 3.43. The predicted octanol–water partition coefficient (Wildman–Crippen LogP) is 5.97. The van der Waals surface area contributed by atoms with Crippen molar-refractivity contribution in [3.63, 3.8) is 0 Å². The zero-order valence-electron chi connectivity index (χ0n) is 8.44. The summed E-state index contributed by atoms with van der Waals surface area (Å²) in [5, 5.41) is 4.65. The van der Waals surface area contributed by atoms with Crippen LogP contribution < -0.4 is 5.32 Å². The van der Waals surface area contributed by atoms with Crippen molar-refractivity contribution >= 4 is 63.4 Å². The second-order valence-electron chi connectivity index (χ2n) is 3.31. The number of halogens is 4. The highest BCUT2D eigenvalue weighted by molar-refractivity contribution is 7.16. The Morgan fingerprint density at radius 1 is 0.941 bits per heavy atom. The van der Waals surface area contributed by atoms with E-state index in [0.29, 0.717) is 21.6 Å². The van der Waals surface area contributed by atoms with Crippen LogP contribution in [0.15, 0.2) is 24.3 Å². The lowest BCUT2D eigenvalue weighted by atomic mass is 10.3. The molecule has 0 saturated carbocycles. The van der Waals surface area contributed by atoms with Crippen molar-refractivity contribution in [3.05, 3.63) is 48.5 Å². The van der Waals surface area contributed by atoms with Gasteiger partial charge in [-0.05, 0) is 24.3 Å². The minimum Gasteiger partial charge on any atom is -0.379 e. The largest absolute Gasteiger partial charge is 0.379 e. The molecule has 2 aromatic rings. The highest BCUT2D eigenvalue weighted by atomic mass is 35.5. The zero-order chi connectivity index (χ0) is 12.4. The van der Waals surface area contributed by atoms with Gasteiger partial charge in [0.2, 0.25) is 0 Å². The number of thiophene rings is 1. The number of benzene rings is 1. The molecule has 0 aliphatic carbocycles. The van der Waals surface area contributed by atoms with Gasteiger partial charge in [-0.1, -0.05) is 46.4 Å². The van der Waals surface area contributed by atoms with E-state index in [2.05, 4.69) is 5.32 Å². The summed E-state index contributed by atoms with van der Waals surface area (Å²) in [7, 11) is 0. The molecule has 0 bridgehead atoms. The van der Waals surface area contributed by atoms with Gasteiger partial charge >= 0.3 is 0 Å². The van der Waals surface area contributed by atoms with Gasteiger partial charge < -0.3 is 5.32 Å². The molecule has 0 fully saturated rings. The summed E-state index contributed by atoms with van der Waals surface area (Å²) < 4.78 is 0.766. The lowest BCUT2D eigenvalue weighted by Crippen LogP contribution is -1.98. The first kappa shape index (κ1) is 13.3. The molecule has 1 aromatic heterocycles. The number of anilines is 1. The molecule has 17 heavy (non-hydrogen) atoms. The molecule has 90 valence electrons. The first-order chi connectivity index (χ1) is 8.06. The molecule has 1 heterocycles.